The van der Waals surface area contributed by atoms with E-state index in [1.54, 1.807) is 18.3 Å². The zero-order valence-electron chi connectivity index (χ0n) is 12.6. The van der Waals surface area contributed by atoms with Gasteiger partial charge in [0.05, 0.1) is 16.8 Å². The van der Waals surface area contributed by atoms with Crippen LogP contribution < -0.4 is 5.43 Å². The number of nitrogens with zero attached hydrogens (tertiary/aromatic N) is 2. The Hall–Kier alpha value is -2.07. The Morgan fingerprint density at radius 2 is 2.00 bits per heavy atom. The van der Waals surface area contributed by atoms with Crippen LogP contribution in [0.2, 0.25) is 5.02 Å². The number of benzene rings is 1. The molecule has 2 aromatic rings. The largest absolute Gasteiger partial charge is 0.352 e. The molecule has 0 unspecified atom stereocenters. The Bertz CT molecular complexity index is 717. The van der Waals surface area contributed by atoms with E-state index in [0.29, 0.717) is 10.6 Å². The molecule has 0 saturated carbocycles. The van der Waals surface area contributed by atoms with Gasteiger partial charge < -0.3 is 4.57 Å². The summed E-state index contributed by atoms with van der Waals surface area (Å²) in [4.78, 5) is 12.0. The maximum atomic E-state index is 12.0. The lowest BCUT2D eigenvalue weighted by molar-refractivity contribution is 0.0955. The first-order valence-electron chi connectivity index (χ1n) is 6.62. The summed E-state index contributed by atoms with van der Waals surface area (Å²) in [6.45, 7) is 5.95. The second-order valence-corrected chi connectivity index (χ2v) is 5.48. The average molecular weight is 304 g/mol. The lowest BCUT2D eigenvalue weighted by Crippen LogP contribution is -2.18. The van der Waals surface area contributed by atoms with E-state index >= 15 is 0 Å². The number of amides is 1. The van der Waals surface area contributed by atoms with Gasteiger partial charge in [0, 0.05) is 24.0 Å². The molecule has 2 rings (SSSR count). The normalized spacial score (nSPS) is 11.1. The van der Waals surface area contributed by atoms with Crippen LogP contribution in [0.1, 0.15) is 32.9 Å². The van der Waals surface area contributed by atoms with Crippen LogP contribution in [0.15, 0.2) is 29.4 Å². The molecule has 0 radical (unpaired) electrons. The third-order valence-electron chi connectivity index (χ3n) is 3.55. The van der Waals surface area contributed by atoms with Gasteiger partial charge in [-0.25, -0.2) is 5.43 Å². The SMILES string of the molecule is Cc1ccc(C(=O)N/N=C\c2cc(C)n(C)c2C)c(Cl)c1. The van der Waals surface area contributed by atoms with E-state index in [9.17, 15) is 4.79 Å². The fourth-order valence-corrected chi connectivity index (χ4v) is 2.36. The summed E-state index contributed by atoms with van der Waals surface area (Å²) in [6, 6.07) is 7.31. The van der Waals surface area contributed by atoms with Crippen molar-refractivity contribution in [2.75, 3.05) is 0 Å². The van der Waals surface area contributed by atoms with Crippen molar-refractivity contribution >= 4 is 23.7 Å². The lowest BCUT2D eigenvalue weighted by atomic mass is 10.1. The molecule has 110 valence electrons. The molecule has 1 heterocycles. The molecule has 0 aliphatic carbocycles. The Labute approximate surface area is 129 Å². The quantitative estimate of drug-likeness (QED) is 0.686. The van der Waals surface area contributed by atoms with Crippen molar-refractivity contribution in [3.05, 3.63) is 57.4 Å². The number of carbonyl (C=O) groups is 1. The predicted octanol–water partition coefficient (Wildman–Crippen LogP) is 3.37. The van der Waals surface area contributed by atoms with Crippen molar-refractivity contribution in [3.8, 4) is 0 Å². The highest BCUT2D eigenvalue weighted by atomic mass is 35.5. The van der Waals surface area contributed by atoms with Crippen molar-refractivity contribution in [1.82, 2.24) is 9.99 Å². The number of carbonyl (C=O) groups excluding carboxylic acids is 1. The Balaban J connectivity index is 2.10. The highest BCUT2D eigenvalue weighted by molar-refractivity contribution is 6.33. The average Bonchev–Trinajstić information content (AvgIpc) is 2.66. The molecule has 1 amide bonds. The minimum atomic E-state index is -0.318. The van der Waals surface area contributed by atoms with Crippen LogP contribution in [0.3, 0.4) is 0 Å². The van der Waals surface area contributed by atoms with Crippen molar-refractivity contribution in [3.63, 3.8) is 0 Å². The molecular weight excluding hydrogens is 286 g/mol. The molecule has 21 heavy (non-hydrogen) atoms. The van der Waals surface area contributed by atoms with Crippen LogP contribution in [0.4, 0.5) is 0 Å². The van der Waals surface area contributed by atoms with Crippen molar-refractivity contribution in [2.45, 2.75) is 20.8 Å². The van der Waals surface area contributed by atoms with E-state index < -0.39 is 0 Å². The third kappa shape index (κ3) is 3.34. The Kier molecular flexibility index (Phi) is 4.48. The van der Waals surface area contributed by atoms with Gasteiger partial charge in [-0.15, -0.1) is 0 Å². The van der Waals surface area contributed by atoms with Crippen LogP contribution in [0.25, 0.3) is 0 Å². The number of halogens is 1. The minimum absolute atomic E-state index is 0.318. The summed E-state index contributed by atoms with van der Waals surface area (Å²) < 4.78 is 2.07. The van der Waals surface area contributed by atoms with Gasteiger partial charge in [0.2, 0.25) is 0 Å². The fraction of sp³-hybridized carbons (Fsp3) is 0.250. The summed E-state index contributed by atoms with van der Waals surface area (Å²) in [7, 11) is 1.99. The van der Waals surface area contributed by atoms with E-state index in [0.717, 1.165) is 22.5 Å². The molecule has 1 aromatic heterocycles. The van der Waals surface area contributed by atoms with E-state index in [1.165, 1.54) is 0 Å². The molecule has 0 saturated heterocycles. The molecular formula is C16H18ClN3O. The number of hydrogen-bond acceptors (Lipinski definition) is 2. The molecule has 0 bridgehead atoms. The number of hydrogen-bond donors (Lipinski definition) is 1. The number of nitrogens with one attached hydrogen (secondary N) is 1. The fourth-order valence-electron chi connectivity index (χ4n) is 2.04. The second kappa shape index (κ2) is 6.14. The van der Waals surface area contributed by atoms with Gasteiger partial charge in [0.15, 0.2) is 0 Å². The minimum Gasteiger partial charge on any atom is -0.352 e. The zero-order valence-corrected chi connectivity index (χ0v) is 13.3. The topological polar surface area (TPSA) is 46.4 Å². The second-order valence-electron chi connectivity index (χ2n) is 5.07. The highest BCUT2D eigenvalue weighted by Gasteiger charge is 2.09. The molecule has 0 spiro atoms. The van der Waals surface area contributed by atoms with Crippen molar-refractivity contribution < 1.29 is 4.79 Å². The Morgan fingerprint density at radius 1 is 1.29 bits per heavy atom. The van der Waals surface area contributed by atoms with Crippen LogP contribution >= 0.6 is 11.6 Å². The molecule has 4 nitrogen and oxygen atoms in total. The zero-order chi connectivity index (χ0) is 15.6. The van der Waals surface area contributed by atoms with Gasteiger partial charge in [0.25, 0.3) is 5.91 Å². The first-order chi connectivity index (χ1) is 9.90. The highest BCUT2D eigenvalue weighted by Crippen LogP contribution is 2.17. The lowest BCUT2D eigenvalue weighted by Gasteiger charge is -2.03. The van der Waals surface area contributed by atoms with Crippen LogP contribution in [-0.2, 0) is 7.05 Å². The monoisotopic (exact) mass is 303 g/mol. The Morgan fingerprint density at radius 3 is 2.57 bits per heavy atom. The van der Waals surface area contributed by atoms with E-state index in [2.05, 4.69) is 15.1 Å². The smallest absolute Gasteiger partial charge is 0.272 e. The predicted molar refractivity (Wildman–Crippen MR) is 86.1 cm³/mol. The standard InChI is InChI=1S/C16H18ClN3O/c1-10-5-6-14(15(17)7-10)16(21)19-18-9-13-8-11(2)20(4)12(13)3/h5-9H,1-4H3,(H,19,21)/b18-9-. The number of rotatable bonds is 3. The van der Waals surface area contributed by atoms with Gasteiger partial charge >= 0.3 is 0 Å². The van der Waals surface area contributed by atoms with Gasteiger partial charge in [-0.2, -0.15) is 5.10 Å². The summed E-state index contributed by atoms with van der Waals surface area (Å²) >= 11 is 6.05. The van der Waals surface area contributed by atoms with E-state index in [4.69, 9.17) is 11.6 Å². The maximum Gasteiger partial charge on any atom is 0.272 e. The van der Waals surface area contributed by atoms with Crippen LogP contribution in [0.5, 0.6) is 0 Å². The molecule has 5 heteroatoms. The summed E-state index contributed by atoms with van der Waals surface area (Å²) in [5.74, 6) is -0.318. The molecule has 0 aliphatic heterocycles. The molecule has 1 N–H and O–H groups in total. The van der Waals surface area contributed by atoms with Gasteiger partial charge in [0.1, 0.15) is 0 Å². The van der Waals surface area contributed by atoms with Gasteiger partial charge in [-0.05, 0) is 44.5 Å². The van der Waals surface area contributed by atoms with E-state index in [1.807, 2.05) is 40.0 Å². The summed E-state index contributed by atoms with van der Waals surface area (Å²) in [6.07, 6.45) is 1.64. The van der Waals surface area contributed by atoms with Crippen LogP contribution in [0, 0.1) is 20.8 Å². The van der Waals surface area contributed by atoms with Crippen molar-refractivity contribution in [1.29, 1.82) is 0 Å². The number of aryl methyl sites for hydroxylation is 2. The third-order valence-corrected chi connectivity index (χ3v) is 3.87. The summed E-state index contributed by atoms with van der Waals surface area (Å²) in [5, 5.41) is 4.43. The summed E-state index contributed by atoms with van der Waals surface area (Å²) in [5.41, 5.74) is 7.14. The first-order valence-corrected chi connectivity index (χ1v) is 7.00. The maximum absolute atomic E-state index is 12.0. The van der Waals surface area contributed by atoms with E-state index in [-0.39, 0.29) is 5.91 Å². The molecule has 1 aromatic carbocycles. The first kappa shape index (κ1) is 15.3. The molecule has 0 aliphatic rings. The van der Waals surface area contributed by atoms with Gasteiger partial charge in [-0.1, -0.05) is 17.7 Å². The van der Waals surface area contributed by atoms with Crippen molar-refractivity contribution in [2.24, 2.45) is 12.1 Å². The molecule has 0 atom stereocenters. The molecule has 0 fully saturated rings. The number of aromatic nitrogens is 1. The van der Waals surface area contributed by atoms with Crippen LogP contribution in [-0.4, -0.2) is 16.7 Å². The number of hydrazone groups is 1. The van der Waals surface area contributed by atoms with Gasteiger partial charge in [-0.3, -0.25) is 4.79 Å².